The van der Waals surface area contributed by atoms with E-state index in [1.54, 1.807) is 0 Å². The molecule has 11 aromatic rings. The molecule has 0 nitrogen and oxygen atoms in total. The average Bonchev–Trinajstić information content (AvgIpc) is 3.74. The third-order valence-corrected chi connectivity index (χ3v) is 12.9. The van der Waals surface area contributed by atoms with Crippen LogP contribution in [-0.2, 0) is 6.42 Å². The zero-order valence-corrected chi connectivity index (χ0v) is 33.6. The molecule has 0 aromatic heterocycles. The van der Waals surface area contributed by atoms with Crippen molar-refractivity contribution in [2.24, 2.45) is 0 Å². The fourth-order valence-corrected chi connectivity index (χ4v) is 9.96. The quantitative estimate of drug-likeness (QED) is 0.148. The molecule has 0 aliphatic heterocycles. The molecule has 0 amide bonds. The van der Waals surface area contributed by atoms with Crippen LogP contribution in [0.25, 0.3) is 110 Å². The van der Waals surface area contributed by atoms with Gasteiger partial charge in [-0.25, -0.2) is 0 Å². The van der Waals surface area contributed by atoms with E-state index in [0.29, 0.717) is 0 Å². The van der Waals surface area contributed by atoms with E-state index in [-0.39, 0.29) is 0 Å². The van der Waals surface area contributed by atoms with Crippen molar-refractivity contribution in [1.82, 2.24) is 0 Å². The Labute approximate surface area is 356 Å². The van der Waals surface area contributed by atoms with Gasteiger partial charge < -0.3 is 0 Å². The molecule has 0 unspecified atom stereocenters. The predicted octanol–water partition coefficient (Wildman–Crippen LogP) is 16.7. The highest BCUT2D eigenvalue weighted by Crippen LogP contribution is 2.46. The zero-order chi connectivity index (χ0) is 40.3. The lowest BCUT2D eigenvalue weighted by atomic mass is 9.91. The molecule has 0 spiro atoms. The first-order chi connectivity index (χ1) is 30.2. The maximum atomic E-state index is 2.39. The second-order valence-corrected chi connectivity index (χ2v) is 16.4. The Morgan fingerprint density at radius 2 is 0.492 bits per heavy atom. The first-order valence-corrected chi connectivity index (χ1v) is 21.3. The largest absolute Gasteiger partial charge is 0.0622 e. The average molecular weight is 773 g/mol. The highest BCUT2D eigenvalue weighted by molar-refractivity contribution is 6.25. The van der Waals surface area contributed by atoms with E-state index in [9.17, 15) is 0 Å². The molecule has 11 aromatic carbocycles. The topological polar surface area (TPSA) is 0 Å². The molecule has 0 heterocycles. The summed E-state index contributed by atoms with van der Waals surface area (Å²) in [6, 6.07) is 85.0. The predicted molar refractivity (Wildman–Crippen MR) is 260 cm³/mol. The van der Waals surface area contributed by atoms with Crippen molar-refractivity contribution < 1.29 is 0 Å². The molecule has 61 heavy (non-hydrogen) atoms. The summed E-state index contributed by atoms with van der Waals surface area (Å²) in [5.41, 5.74) is 20.4. The highest BCUT2D eigenvalue weighted by atomic mass is 14.3. The first-order valence-electron chi connectivity index (χ1n) is 21.3. The van der Waals surface area contributed by atoms with Crippen LogP contribution in [-0.4, -0.2) is 0 Å². The molecule has 0 saturated carbocycles. The van der Waals surface area contributed by atoms with Gasteiger partial charge in [0, 0.05) is 0 Å². The van der Waals surface area contributed by atoms with Crippen LogP contribution in [0, 0.1) is 0 Å². The summed E-state index contributed by atoms with van der Waals surface area (Å²) >= 11 is 0. The highest BCUT2D eigenvalue weighted by Gasteiger charge is 2.24. The molecule has 1 aliphatic carbocycles. The normalized spacial score (nSPS) is 11.9. The summed E-state index contributed by atoms with van der Waals surface area (Å²) in [6.07, 6.45) is 0.901. The summed E-state index contributed by atoms with van der Waals surface area (Å²) in [5, 5.41) is 7.80. The van der Waals surface area contributed by atoms with Crippen molar-refractivity contribution in [3.05, 3.63) is 242 Å². The maximum absolute atomic E-state index is 2.39. The lowest BCUT2D eigenvalue weighted by molar-refractivity contribution is 1.26. The van der Waals surface area contributed by atoms with Crippen LogP contribution in [0.4, 0.5) is 0 Å². The van der Waals surface area contributed by atoms with Crippen molar-refractivity contribution in [2.45, 2.75) is 6.42 Å². The molecule has 0 bridgehead atoms. The van der Waals surface area contributed by atoms with Gasteiger partial charge in [0.05, 0.1) is 0 Å². The molecule has 1 aliphatic rings. The van der Waals surface area contributed by atoms with Crippen molar-refractivity contribution in [3.8, 4) is 77.9 Å². The van der Waals surface area contributed by atoms with Crippen LogP contribution in [0.3, 0.4) is 0 Å². The Bertz CT molecular complexity index is 3440. The summed E-state index contributed by atoms with van der Waals surface area (Å²) in [7, 11) is 0. The van der Waals surface area contributed by atoms with E-state index in [4.69, 9.17) is 0 Å². The molecule has 0 atom stereocenters. The summed E-state index contributed by atoms with van der Waals surface area (Å²) in [5.74, 6) is 0. The third kappa shape index (κ3) is 6.07. The van der Waals surface area contributed by atoms with Crippen molar-refractivity contribution in [2.75, 3.05) is 0 Å². The third-order valence-electron chi connectivity index (χ3n) is 12.9. The minimum Gasteiger partial charge on any atom is -0.0622 e. The van der Waals surface area contributed by atoms with E-state index >= 15 is 0 Å². The van der Waals surface area contributed by atoms with Gasteiger partial charge in [0.25, 0.3) is 0 Å². The van der Waals surface area contributed by atoms with Crippen molar-refractivity contribution in [3.63, 3.8) is 0 Å². The van der Waals surface area contributed by atoms with E-state index in [1.807, 2.05) is 0 Å². The zero-order valence-electron chi connectivity index (χ0n) is 33.6. The molecule has 284 valence electrons. The number of fused-ring (bicyclic) bond motifs is 9. The van der Waals surface area contributed by atoms with Crippen molar-refractivity contribution >= 4 is 32.3 Å². The van der Waals surface area contributed by atoms with E-state index in [1.165, 1.54) is 121 Å². The first kappa shape index (κ1) is 35.2. The molecule has 12 rings (SSSR count). The summed E-state index contributed by atoms with van der Waals surface area (Å²) < 4.78 is 0. The Morgan fingerprint density at radius 1 is 0.180 bits per heavy atom. The van der Waals surface area contributed by atoms with Crippen LogP contribution < -0.4 is 0 Å². The van der Waals surface area contributed by atoms with Gasteiger partial charge in [-0.15, -0.1) is 0 Å². The standard InChI is InChI=1S/C61H40/c1-2-13-40(14-3-1)41-29-31-42(32-30-41)43-15-9-19-48(36-43)50-25-11-27-56-57-28-12-26-51(61(57)39-60(50)56)49-20-10-18-46(37-49)44-16-8-17-45(35-44)47-33-34-58-54-23-5-4-21-52(54)53-22-6-7-24-55(53)59(58)38-47/h1-38H,39H2. The van der Waals surface area contributed by atoms with Gasteiger partial charge in [0.1, 0.15) is 0 Å². The summed E-state index contributed by atoms with van der Waals surface area (Å²) in [4.78, 5) is 0. The lowest BCUT2D eigenvalue weighted by Gasteiger charge is -2.13. The smallest absolute Gasteiger partial charge is 0.000112 e. The Balaban J connectivity index is 0.867. The minimum absolute atomic E-state index is 0.901. The van der Waals surface area contributed by atoms with Crippen LogP contribution in [0.2, 0.25) is 0 Å². The molecule has 0 heteroatoms. The van der Waals surface area contributed by atoms with Crippen LogP contribution in [0.1, 0.15) is 11.1 Å². The van der Waals surface area contributed by atoms with E-state index in [0.717, 1.165) is 6.42 Å². The van der Waals surface area contributed by atoms with Gasteiger partial charge in [-0.3, -0.25) is 0 Å². The van der Waals surface area contributed by atoms with E-state index in [2.05, 4.69) is 231 Å². The number of hydrogen-bond donors (Lipinski definition) is 0. The molecule has 0 N–H and O–H groups in total. The number of hydrogen-bond acceptors (Lipinski definition) is 0. The van der Waals surface area contributed by atoms with Gasteiger partial charge >= 0.3 is 0 Å². The van der Waals surface area contributed by atoms with Crippen molar-refractivity contribution in [1.29, 1.82) is 0 Å². The Kier molecular flexibility index (Phi) is 8.35. The fraction of sp³-hybridized carbons (Fsp3) is 0.0164. The second kappa shape index (κ2) is 14.5. The second-order valence-electron chi connectivity index (χ2n) is 16.4. The Hall–Kier alpha value is -7.80. The molecule has 0 radical (unpaired) electrons. The van der Waals surface area contributed by atoms with Gasteiger partial charge in [-0.1, -0.05) is 206 Å². The number of rotatable bonds is 6. The van der Waals surface area contributed by atoms with Gasteiger partial charge in [-0.2, -0.15) is 0 Å². The SMILES string of the molecule is c1ccc(-c2ccc(-c3cccc(-c4cccc5c4Cc4c(-c6cccc(-c7cccc(-c8ccc9c%10ccccc%10c%10ccccc%10c9c8)c7)c6)cccc4-5)c3)cc2)cc1. The Morgan fingerprint density at radius 3 is 1.02 bits per heavy atom. The maximum Gasteiger partial charge on any atom is -0.000112 e. The molecule has 0 saturated heterocycles. The lowest BCUT2D eigenvalue weighted by Crippen LogP contribution is -1.91. The molecular weight excluding hydrogens is 733 g/mol. The van der Waals surface area contributed by atoms with E-state index < -0.39 is 0 Å². The van der Waals surface area contributed by atoms with Crippen LogP contribution in [0.15, 0.2) is 231 Å². The fourth-order valence-electron chi connectivity index (χ4n) is 9.96. The van der Waals surface area contributed by atoms with Gasteiger partial charge in [-0.05, 0) is 152 Å². The summed E-state index contributed by atoms with van der Waals surface area (Å²) in [6.45, 7) is 0. The molecular formula is C61H40. The van der Waals surface area contributed by atoms with Gasteiger partial charge in [0.15, 0.2) is 0 Å². The van der Waals surface area contributed by atoms with Crippen LogP contribution >= 0.6 is 0 Å². The number of benzene rings is 11. The van der Waals surface area contributed by atoms with Gasteiger partial charge in [0.2, 0.25) is 0 Å². The van der Waals surface area contributed by atoms with Crippen LogP contribution in [0.5, 0.6) is 0 Å². The monoisotopic (exact) mass is 772 g/mol. The minimum atomic E-state index is 0.901. The molecule has 0 fully saturated rings.